The maximum atomic E-state index is 11.2. The molecule has 0 N–H and O–H groups in total. The van der Waals surface area contributed by atoms with Crippen LogP contribution in [0.2, 0.25) is 0 Å². The fraction of sp³-hybridized carbons (Fsp3) is 0.350. The van der Waals surface area contributed by atoms with Crippen LogP contribution in [-0.2, 0) is 17.6 Å². The smallest absolute Gasteiger partial charge is 0.127 e. The Kier molecular flexibility index (Phi) is 4.89. The molecular formula is C20H22O2. The Bertz CT molecular complexity index is 619. The van der Waals surface area contributed by atoms with Crippen LogP contribution in [0.1, 0.15) is 41.9 Å². The molecule has 3 rings (SSSR count). The number of aryl methyl sites for hydroxylation is 2. The van der Waals surface area contributed by atoms with Crippen molar-refractivity contribution in [3.63, 3.8) is 0 Å². The summed E-state index contributed by atoms with van der Waals surface area (Å²) < 4.78 is 5.87. The van der Waals surface area contributed by atoms with E-state index < -0.39 is 0 Å². The summed E-state index contributed by atoms with van der Waals surface area (Å²) in [7, 11) is 0. The van der Waals surface area contributed by atoms with E-state index in [0.717, 1.165) is 44.1 Å². The van der Waals surface area contributed by atoms with Gasteiger partial charge in [-0.1, -0.05) is 36.4 Å². The fourth-order valence-corrected chi connectivity index (χ4v) is 3.16. The van der Waals surface area contributed by atoms with Crippen LogP contribution < -0.4 is 4.74 Å². The molecule has 0 spiro atoms. The largest absolute Gasteiger partial charge is 0.494 e. The summed E-state index contributed by atoms with van der Waals surface area (Å²) in [6.45, 7) is 0.708. The fourth-order valence-electron chi connectivity index (χ4n) is 3.16. The van der Waals surface area contributed by atoms with Gasteiger partial charge >= 0.3 is 0 Å². The minimum Gasteiger partial charge on any atom is -0.494 e. The molecule has 22 heavy (non-hydrogen) atoms. The van der Waals surface area contributed by atoms with Gasteiger partial charge < -0.3 is 9.53 Å². The number of aldehydes is 1. The van der Waals surface area contributed by atoms with E-state index in [9.17, 15) is 4.79 Å². The van der Waals surface area contributed by atoms with E-state index in [1.807, 2.05) is 12.1 Å². The van der Waals surface area contributed by atoms with Crippen molar-refractivity contribution < 1.29 is 9.53 Å². The van der Waals surface area contributed by atoms with Gasteiger partial charge in [0, 0.05) is 5.92 Å². The molecule has 2 heteroatoms. The molecule has 114 valence electrons. The van der Waals surface area contributed by atoms with Crippen molar-refractivity contribution >= 4 is 6.29 Å². The highest BCUT2D eigenvalue weighted by molar-refractivity contribution is 5.64. The van der Waals surface area contributed by atoms with Gasteiger partial charge in [0.1, 0.15) is 12.0 Å². The third-order valence-electron chi connectivity index (χ3n) is 4.36. The molecule has 1 aliphatic rings. The molecule has 2 aromatic rings. The first-order chi connectivity index (χ1) is 10.9. The van der Waals surface area contributed by atoms with Crippen molar-refractivity contribution in [1.82, 2.24) is 0 Å². The number of hydrogen-bond acceptors (Lipinski definition) is 2. The molecule has 0 saturated heterocycles. The number of rotatable bonds is 6. The minimum absolute atomic E-state index is 0.0524. The molecule has 0 saturated carbocycles. The molecule has 2 aromatic carbocycles. The molecule has 0 amide bonds. The highest BCUT2D eigenvalue weighted by Crippen LogP contribution is 2.32. The Hall–Kier alpha value is -2.09. The zero-order valence-electron chi connectivity index (χ0n) is 12.8. The number of fused-ring (bicyclic) bond motifs is 1. The van der Waals surface area contributed by atoms with Crippen LogP contribution in [0.25, 0.3) is 0 Å². The Labute approximate surface area is 132 Å². The van der Waals surface area contributed by atoms with Crippen molar-refractivity contribution in [2.24, 2.45) is 0 Å². The number of ether oxygens (including phenoxy) is 1. The molecule has 1 unspecified atom stereocenters. The molecule has 1 aliphatic carbocycles. The summed E-state index contributed by atoms with van der Waals surface area (Å²) in [6, 6.07) is 16.7. The molecule has 0 aliphatic heterocycles. The minimum atomic E-state index is 0.0524. The van der Waals surface area contributed by atoms with Gasteiger partial charge in [-0.15, -0.1) is 0 Å². The summed E-state index contributed by atoms with van der Waals surface area (Å²) in [5.41, 5.74) is 3.82. The van der Waals surface area contributed by atoms with Crippen LogP contribution in [0, 0.1) is 0 Å². The number of benzene rings is 2. The summed E-state index contributed by atoms with van der Waals surface area (Å²) >= 11 is 0. The summed E-state index contributed by atoms with van der Waals surface area (Å²) in [6.07, 6.45) is 6.26. The maximum absolute atomic E-state index is 11.2. The van der Waals surface area contributed by atoms with Crippen molar-refractivity contribution in [1.29, 1.82) is 0 Å². The van der Waals surface area contributed by atoms with Crippen molar-refractivity contribution in [2.45, 2.75) is 38.0 Å². The van der Waals surface area contributed by atoms with E-state index in [4.69, 9.17) is 4.74 Å². The lowest BCUT2D eigenvalue weighted by atomic mass is 9.83. The average molecular weight is 294 g/mol. The first-order valence-corrected chi connectivity index (χ1v) is 8.11. The van der Waals surface area contributed by atoms with Crippen LogP contribution >= 0.6 is 0 Å². The van der Waals surface area contributed by atoms with E-state index in [1.54, 1.807) is 0 Å². The second kappa shape index (κ2) is 7.26. The highest BCUT2D eigenvalue weighted by Gasteiger charge is 2.20. The highest BCUT2D eigenvalue weighted by atomic mass is 16.5. The van der Waals surface area contributed by atoms with Crippen molar-refractivity contribution in [2.75, 3.05) is 6.61 Å². The Balaban J connectivity index is 1.56. The SMILES string of the molecule is O=CC1CCCc2ccc(OCCCc3ccccc3)cc21. The second-order valence-electron chi connectivity index (χ2n) is 5.93. The Morgan fingerprint density at radius 3 is 2.82 bits per heavy atom. The van der Waals surface area contributed by atoms with Crippen LogP contribution in [0.15, 0.2) is 48.5 Å². The zero-order valence-corrected chi connectivity index (χ0v) is 12.8. The predicted molar refractivity (Wildman–Crippen MR) is 88.4 cm³/mol. The zero-order chi connectivity index (χ0) is 15.2. The maximum Gasteiger partial charge on any atom is 0.127 e. The number of hydrogen-bond donors (Lipinski definition) is 0. The van der Waals surface area contributed by atoms with Gasteiger partial charge in [-0.05, 0) is 60.9 Å². The molecule has 0 fully saturated rings. The first-order valence-electron chi connectivity index (χ1n) is 8.11. The van der Waals surface area contributed by atoms with Gasteiger partial charge in [0.05, 0.1) is 6.61 Å². The van der Waals surface area contributed by atoms with E-state index >= 15 is 0 Å². The molecular weight excluding hydrogens is 272 g/mol. The van der Waals surface area contributed by atoms with Crippen LogP contribution in [0.4, 0.5) is 0 Å². The Morgan fingerprint density at radius 2 is 2.00 bits per heavy atom. The van der Waals surface area contributed by atoms with Crippen LogP contribution in [-0.4, -0.2) is 12.9 Å². The lowest BCUT2D eigenvalue weighted by Gasteiger charge is -2.22. The molecule has 0 heterocycles. The molecule has 0 aromatic heterocycles. The van der Waals surface area contributed by atoms with Crippen molar-refractivity contribution in [3.8, 4) is 5.75 Å². The molecule has 0 bridgehead atoms. The van der Waals surface area contributed by atoms with Crippen LogP contribution in [0.5, 0.6) is 5.75 Å². The van der Waals surface area contributed by atoms with E-state index in [0.29, 0.717) is 6.61 Å². The van der Waals surface area contributed by atoms with E-state index in [1.165, 1.54) is 16.7 Å². The molecule has 0 radical (unpaired) electrons. The third-order valence-corrected chi connectivity index (χ3v) is 4.36. The van der Waals surface area contributed by atoms with Crippen LogP contribution in [0.3, 0.4) is 0 Å². The molecule has 2 nitrogen and oxygen atoms in total. The molecule has 1 atom stereocenters. The standard InChI is InChI=1S/C20H22O2/c21-15-18-10-4-9-17-11-12-19(14-20(17)18)22-13-5-8-16-6-2-1-3-7-16/h1-3,6-7,11-12,14-15,18H,4-5,8-10,13H2. The quantitative estimate of drug-likeness (QED) is 0.586. The first kappa shape index (κ1) is 14.8. The summed E-state index contributed by atoms with van der Waals surface area (Å²) in [4.78, 5) is 11.2. The van der Waals surface area contributed by atoms with Gasteiger partial charge in [0.2, 0.25) is 0 Å². The van der Waals surface area contributed by atoms with Gasteiger partial charge in [-0.2, -0.15) is 0 Å². The topological polar surface area (TPSA) is 26.3 Å². The normalized spacial score (nSPS) is 16.8. The van der Waals surface area contributed by atoms with Gasteiger partial charge in [0.25, 0.3) is 0 Å². The third kappa shape index (κ3) is 3.56. The van der Waals surface area contributed by atoms with Crippen molar-refractivity contribution in [3.05, 3.63) is 65.2 Å². The van der Waals surface area contributed by atoms with Gasteiger partial charge in [-0.25, -0.2) is 0 Å². The summed E-state index contributed by atoms with van der Waals surface area (Å²) in [5.74, 6) is 0.942. The average Bonchev–Trinajstić information content (AvgIpc) is 2.59. The monoisotopic (exact) mass is 294 g/mol. The van der Waals surface area contributed by atoms with Gasteiger partial charge in [-0.3, -0.25) is 0 Å². The second-order valence-corrected chi connectivity index (χ2v) is 5.93. The van der Waals surface area contributed by atoms with Gasteiger partial charge in [0.15, 0.2) is 0 Å². The Morgan fingerprint density at radius 1 is 1.14 bits per heavy atom. The lowest BCUT2D eigenvalue weighted by Crippen LogP contribution is -2.11. The number of carbonyl (C=O) groups is 1. The number of carbonyl (C=O) groups excluding carboxylic acids is 1. The van der Waals surface area contributed by atoms with E-state index in [2.05, 4.69) is 36.4 Å². The van der Waals surface area contributed by atoms with E-state index in [-0.39, 0.29) is 5.92 Å². The summed E-state index contributed by atoms with van der Waals surface area (Å²) in [5, 5.41) is 0. The lowest BCUT2D eigenvalue weighted by molar-refractivity contribution is -0.109. The predicted octanol–water partition coefficient (Wildman–Crippen LogP) is 4.32.